The Labute approximate surface area is 129 Å². The van der Waals surface area contributed by atoms with Crippen molar-refractivity contribution in [3.8, 4) is 0 Å². The number of aromatic amines is 1. The lowest BCUT2D eigenvalue weighted by Gasteiger charge is -2.15. The molecular weight excluding hydrogens is 276 g/mol. The summed E-state index contributed by atoms with van der Waals surface area (Å²) in [6.45, 7) is 0.482. The summed E-state index contributed by atoms with van der Waals surface area (Å²) in [5, 5.41) is 10.2. The van der Waals surface area contributed by atoms with Crippen molar-refractivity contribution in [3.63, 3.8) is 0 Å². The van der Waals surface area contributed by atoms with Gasteiger partial charge in [-0.05, 0) is 56.2 Å². The predicted octanol–water partition coefficient (Wildman–Crippen LogP) is 2.49. The molecule has 5 heteroatoms. The summed E-state index contributed by atoms with van der Waals surface area (Å²) in [5.74, 6) is 0.564. The second-order valence-electron chi connectivity index (χ2n) is 6.31. The highest BCUT2D eigenvalue weighted by molar-refractivity contribution is 5.94. The largest absolute Gasteiger partial charge is 0.346 e. The maximum Gasteiger partial charge on any atom is 0.253 e. The van der Waals surface area contributed by atoms with E-state index in [4.69, 9.17) is 0 Å². The van der Waals surface area contributed by atoms with Crippen molar-refractivity contribution in [1.82, 2.24) is 20.5 Å². The quantitative estimate of drug-likeness (QED) is 0.910. The Morgan fingerprint density at radius 1 is 1.27 bits per heavy atom. The number of aromatic nitrogens is 3. The first-order valence-electron chi connectivity index (χ1n) is 8.10. The van der Waals surface area contributed by atoms with Gasteiger partial charge in [0.05, 0.1) is 23.5 Å². The number of pyridine rings is 1. The van der Waals surface area contributed by atoms with Gasteiger partial charge in [-0.2, -0.15) is 5.10 Å². The molecular formula is C17H20N4O. The summed E-state index contributed by atoms with van der Waals surface area (Å²) in [6, 6.07) is 4.06. The van der Waals surface area contributed by atoms with E-state index in [9.17, 15) is 4.79 Å². The highest BCUT2D eigenvalue weighted by Crippen LogP contribution is 2.38. The fraction of sp³-hybridized carbons (Fsp3) is 0.471. The van der Waals surface area contributed by atoms with Crippen LogP contribution in [0.1, 0.15) is 64.6 Å². The zero-order chi connectivity index (χ0) is 14.9. The molecule has 0 spiro atoms. The van der Waals surface area contributed by atoms with Gasteiger partial charge in [-0.1, -0.05) is 0 Å². The molecule has 1 fully saturated rings. The average molecular weight is 296 g/mol. The van der Waals surface area contributed by atoms with E-state index in [0.29, 0.717) is 18.0 Å². The van der Waals surface area contributed by atoms with Crippen LogP contribution in [-0.4, -0.2) is 21.1 Å². The van der Waals surface area contributed by atoms with Gasteiger partial charge in [0.2, 0.25) is 0 Å². The number of carbonyl (C=O) groups excluding carboxylic acids is 1. The van der Waals surface area contributed by atoms with E-state index in [1.165, 1.54) is 31.2 Å². The lowest BCUT2D eigenvalue weighted by Crippen LogP contribution is -2.23. The minimum atomic E-state index is -0.0663. The van der Waals surface area contributed by atoms with Crippen LogP contribution >= 0.6 is 0 Å². The van der Waals surface area contributed by atoms with Crippen molar-refractivity contribution in [2.45, 2.75) is 51.0 Å². The number of hydrogen-bond donors (Lipinski definition) is 2. The van der Waals surface area contributed by atoms with Gasteiger partial charge in [0.15, 0.2) is 0 Å². The first-order valence-corrected chi connectivity index (χ1v) is 8.10. The van der Waals surface area contributed by atoms with Crippen molar-refractivity contribution in [3.05, 3.63) is 46.5 Å². The first kappa shape index (κ1) is 13.5. The number of nitrogens with one attached hydrogen (secondary N) is 2. The highest BCUT2D eigenvalue weighted by Gasteiger charge is 2.26. The third-order valence-electron chi connectivity index (χ3n) is 4.52. The van der Waals surface area contributed by atoms with Gasteiger partial charge >= 0.3 is 0 Å². The van der Waals surface area contributed by atoms with Crippen LogP contribution in [0.15, 0.2) is 18.3 Å². The van der Waals surface area contributed by atoms with Crippen molar-refractivity contribution < 1.29 is 4.79 Å². The predicted molar refractivity (Wildman–Crippen MR) is 82.6 cm³/mol. The van der Waals surface area contributed by atoms with Crippen molar-refractivity contribution in [2.24, 2.45) is 0 Å². The molecule has 2 N–H and O–H groups in total. The maximum absolute atomic E-state index is 12.3. The summed E-state index contributed by atoms with van der Waals surface area (Å²) in [4.78, 5) is 16.7. The summed E-state index contributed by atoms with van der Waals surface area (Å²) >= 11 is 0. The number of H-pyrrole nitrogens is 1. The Morgan fingerprint density at radius 3 is 3.00 bits per heavy atom. The van der Waals surface area contributed by atoms with Crippen LogP contribution in [0.3, 0.4) is 0 Å². The third kappa shape index (κ3) is 2.75. The molecule has 2 aliphatic rings. The zero-order valence-corrected chi connectivity index (χ0v) is 12.6. The Morgan fingerprint density at radius 2 is 2.14 bits per heavy atom. The topological polar surface area (TPSA) is 70.7 Å². The minimum Gasteiger partial charge on any atom is -0.346 e. The van der Waals surface area contributed by atoms with Crippen LogP contribution in [0, 0.1) is 0 Å². The number of amides is 1. The van der Waals surface area contributed by atoms with Crippen molar-refractivity contribution in [1.29, 1.82) is 0 Å². The second-order valence-corrected chi connectivity index (χ2v) is 6.31. The van der Waals surface area contributed by atoms with E-state index in [2.05, 4.69) is 26.6 Å². The number of carbonyl (C=O) groups is 1. The second kappa shape index (κ2) is 5.55. The Balaban J connectivity index is 1.40. The minimum absolute atomic E-state index is 0.0663. The van der Waals surface area contributed by atoms with Crippen LogP contribution < -0.4 is 5.32 Å². The summed E-state index contributed by atoms with van der Waals surface area (Å²) in [6.07, 6.45) is 8.63. The van der Waals surface area contributed by atoms with Crippen LogP contribution in [0.4, 0.5) is 0 Å². The molecule has 2 heterocycles. The van der Waals surface area contributed by atoms with E-state index in [0.717, 1.165) is 29.9 Å². The molecule has 0 bridgehead atoms. The van der Waals surface area contributed by atoms with Crippen molar-refractivity contribution in [2.75, 3.05) is 0 Å². The van der Waals surface area contributed by atoms with Crippen molar-refractivity contribution >= 4 is 5.91 Å². The van der Waals surface area contributed by atoms with Crippen LogP contribution in [0.25, 0.3) is 0 Å². The van der Waals surface area contributed by atoms with Gasteiger partial charge in [-0.25, -0.2) is 0 Å². The van der Waals surface area contributed by atoms with E-state index in [1.54, 1.807) is 6.20 Å². The van der Waals surface area contributed by atoms with Crippen LogP contribution in [-0.2, 0) is 19.4 Å². The summed E-state index contributed by atoms with van der Waals surface area (Å²) in [5.41, 5.74) is 5.13. The zero-order valence-electron chi connectivity index (χ0n) is 12.6. The molecule has 114 valence electrons. The Hall–Kier alpha value is -2.17. The number of hydrogen-bond acceptors (Lipinski definition) is 3. The molecule has 0 saturated heterocycles. The number of rotatable bonds is 4. The maximum atomic E-state index is 12.3. The lowest BCUT2D eigenvalue weighted by molar-refractivity contribution is 0.0950. The van der Waals surface area contributed by atoms with Gasteiger partial charge in [0.1, 0.15) is 0 Å². The standard InChI is InChI=1S/C17H20N4O/c22-17(13-7-12-3-1-2-4-15(12)18-9-13)19-10-14-8-16(21-20-14)11-5-6-11/h7-9,11H,1-6,10H2,(H,19,22)(H,20,21). The molecule has 22 heavy (non-hydrogen) atoms. The summed E-state index contributed by atoms with van der Waals surface area (Å²) < 4.78 is 0. The van der Waals surface area contributed by atoms with E-state index in [1.807, 2.05) is 6.07 Å². The fourth-order valence-electron chi connectivity index (χ4n) is 3.05. The number of fused-ring (bicyclic) bond motifs is 1. The Kier molecular flexibility index (Phi) is 3.41. The number of aryl methyl sites for hydroxylation is 2. The fourth-order valence-corrected chi connectivity index (χ4v) is 3.05. The lowest BCUT2D eigenvalue weighted by atomic mass is 9.95. The van der Waals surface area contributed by atoms with Gasteiger partial charge in [0, 0.05) is 17.8 Å². The number of nitrogens with zero attached hydrogens (tertiary/aromatic N) is 2. The van der Waals surface area contributed by atoms with Crippen LogP contribution in [0.5, 0.6) is 0 Å². The normalized spacial score (nSPS) is 17.1. The molecule has 1 saturated carbocycles. The van der Waals surface area contributed by atoms with E-state index < -0.39 is 0 Å². The molecule has 1 amide bonds. The molecule has 0 radical (unpaired) electrons. The molecule has 0 aliphatic heterocycles. The molecule has 5 nitrogen and oxygen atoms in total. The average Bonchev–Trinajstić information content (AvgIpc) is 3.31. The van der Waals surface area contributed by atoms with Crippen LogP contribution in [0.2, 0.25) is 0 Å². The molecule has 0 unspecified atom stereocenters. The van der Waals surface area contributed by atoms with E-state index >= 15 is 0 Å². The van der Waals surface area contributed by atoms with Gasteiger partial charge < -0.3 is 5.32 Å². The van der Waals surface area contributed by atoms with Gasteiger partial charge in [-0.15, -0.1) is 0 Å². The molecule has 2 aromatic heterocycles. The van der Waals surface area contributed by atoms with Gasteiger partial charge in [-0.3, -0.25) is 14.9 Å². The molecule has 2 aromatic rings. The van der Waals surface area contributed by atoms with Gasteiger partial charge in [0.25, 0.3) is 5.91 Å². The molecule has 2 aliphatic carbocycles. The first-order chi connectivity index (χ1) is 10.8. The molecule has 0 aromatic carbocycles. The Bertz CT molecular complexity index is 702. The molecule has 0 atom stereocenters. The highest BCUT2D eigenvalue weighted by atomic mass is 16.1. The summed E-state index contributed by atoms with van der Waals surface area (Å²) in [7, 11) is 0. The van der Waals surface area contributed by atoms with E-state index in [-0.39, 0.29) is 5.91 Å². The smallest absolute Gasteiger partial charge is 0.253 e. The SMILES string of the molecule is O=C(NCc1cc(C2CC2)n[nH]1)c1cnc2c(c1)CCCC2. The monoisotopic (exact) mass is 296 g/mol. The third-order valence-corrected chi connectivity index (χ3v) is 4.52. The molecule has 4 rings (SSSR count).